The van der Waals surface area contributed by atoms with Gasteiger partial charge in [-0.25, -0.2) is 0 Å². The van der Waals surface area contributed by atoms with Crippen LogP contribution in [0, 0.1) is 0 Å². The Morgan fingerprint density at radius 1 is 0.426 bits per heavy atom. The van der Waals surface area contributed by atoms with Gasteiger partial charge < -0.3 is 0 Å². The van der Waals surface area contributed by atoms with Gasteiger partial charge in [0, 0.05) is 5.41 Å². The highest BCUT2D eigenvalue weighted by Crippen LogP contribution is 2.55. The molecule has 0 bridgehead atoms. The molecule has 0 spiro atoms. The van der Waals surface area contributed by atoms with E-state index in [9.17, 15) is 0 Å². The minimum atomic E-state index is -0.120. The first-order valence-electron chi connectivity index (χ1n) is 17.2. The molecule has 1 aliphatic carbocycles. The Morgan fingerprint density at radius 2 is 1.09 bits per heavy atom. The summed E-state index contributed by atoms with van der Waals surface area (Å²) in [7, 11) is 0. The van der Waals surface area contributed by atoms with Crippen LogP contribution >= 0.6 is 0 Å². The molecule has 0 saturated heterocycles. The Kier molecular flexibility index (Phi) is 5.41. The maximum atomic E-state index is 2.59. The van der Waals surface area contributed by atoms with Crippen molar-refractivity contribution in [3.63, 3.8) is 0 Å². The van der Waals surface area contributed by atoms with E-state index in [1.807, 2.05) is 0 Å². The molecule has 0 radical (unpaired) electrons. The van der Waals surface area contributed by atoms with Gasteiger partial charge in [0.25, 0.3) is 0 Å². The van der Waals surface area contributed by atoms with E-state index in [-0.39, 0.29) is 5.41 Å². The fraction of sp³-hybridized carbons (Fsp3) is 0.149. The van der Waals surface area contributed by atoms with E-state index < -0.39 is 0 Å². The van der Waals surface area contributed by atoms with Gasteiger partial charge in [-0.15, -0.1) is 0 Å². The van der Waals surface area contributed by atoms with E-state index in [0.29, 0.717) is 0 Å². The van der Waals surface area contributed by atoms with Crippen LogP contribution in [0.1, 0.15) is 49.9 Å². The number of hydrogen-bond donors (Lipinski definition) is 0. The molecular weight excluding hydrogens is 565 g/mol. The lowest BCUT2D eigenvalue weighted by Crippen LogP contribution is -2.15. The average molecular weight is 601 g/mol. The lowest BCUT2D eigenvalue weighted by Gasteiger charge is -2.25. The highest BCUT2D eigenvalue weighted by atomic mass is 14.4. The first-order chi connectivity index (χ1) is 23.0. The maximum absolute atomic E-state index is 2.59. The van der Waals surface area contributed by atoms with Crippen molar-refractivity contribution in [1.29, 1.82) is 0 Å². The van der Waals surface area contributed by atoms with Crippen molar-refractivity contribution in [3.8, 4) is 22.3 Å². The quantitative estimate of drug-likeness (QED) is 0.177. The van der Waals surface area contributed by atoms with Gasteiger partial charge in [-0.3, -0.25) is 0 Å². The summed E-state index contributed by atoms with van der Waals surface area (Å²) >= 11 is 0. The van der Waals surface area contributed by atoms with E-state index >= 15 is 0 Å². The Labute approximate surface area is 275 Å². The summed E-state index contributed by atoms with van der Waals surface area (Å²) < 4.78 is 0. The van der Waals surface area contributed by atoms with Crippen LogP contribution in [-0.2, 0) is 18.3 Å². The van der Waals surface area contributed by atoms with Crippen molar-refractivity contribution in [3.05, 3.63) is 144 Å². The molecule has 0 nitrogen and oxygen atoms in total. The minimum Gasteiger partial charge on any atom is -0.0616 e. The third kappa shape index (κ3) is 3.43. The topological polar surface area (TPSA) is 0 Å². The molecule has 0 fully saturated rings. The Hall–Kier alpha value is -5.20. The van der Waals surface area contributed by atoms with Gasteiger partial charge in [0.1, 0.15) is 0 Å². The number of rotatable bonds is 3. The summed E-state index contributed by atoms with van der Waals surface area (Å²) in [6.07, 6.45) is 1.96. The third-order valence-electron chi connectivity index (χ3n) is 11.5. The van der Waals surface area contributed by atoms with Crippen LogP contribution < -0.4 is 0 Å². The second-order valence-electron chi connectivity index (χ2n) is 14.2. The lowest BCUT2D eigenvalue weighted by atomic mass is 9.78. The largest absolute Gasteiger partial charge is 0.0616 e. The molecule has 0 aromatic heterocycles. The fourth-order valence-corrected chi connectivity index (χ4v) is 9.34. The van der Waals surface area contributed by atoms with Gasteiger partial charge in [-0.05, 0) is 134 Å². The van der Waals surface area contributed by atoms with Crippen LogP contribution in [-0.4, -0.2) is 0 Å². The van der Waals surface area contributed by atoms with Gasteiger partial charge in [0.05, 0.1) is 0 Å². The van der Waals surface area contributed by atoms with Crippen molar-refractivity contribution in [2.75, 3.05) is 0 Å². The number of benzene rings is 9. The second kappa shape index (κ2) is 9.43. The van der Waals surface area contributed by atoms with Crippen molar-refractivity contribution >= 4 is 64.6 Å². The van der Waals surface area contributed by atoms with Crippen LogP contribution in [0.5, 0.6) is 0 Å². The Bertz CT molecular complexity index is 2760. The molecule has 0 N–H and O–H groups in total. The highest BCUT2D eigenvalue weighted by molar-refractivity contribution is 6.27. The minimum absolute atomic E-state index is 0.120. The Morgan fingerprint density at radius 3 is 1.87 bits per heavy atom. The summed E-state index contributed by atoms with van der Waals surface area (Å²) in [6.45, 7) is 9.55. The van der Waals surface area contributed by atoms with E-state index in [1.165, 1.54) is 109 Å². The summed E-state index contributed by atoms with van der Waals surface area (Å²) in [6, 6.07) is 46.4. The number of fused-ring (bicyclic) bond motifs is 9. The zero-order chi connectivity index (χ0) is 31.6. The molecular formula is C47H36. The number of hydrogen-bond acceptors (Lipinski definition) is 0. The second-order valence-corrected chi connectivity index (χ2v) is 14.2. The average Bonchev–Trinajstić information content (AvgIpc) is 3.33. The normalized spacial score (nSPS) is 13.9. The predicted octanol–water partition coefficient (Wildman–Crippen LogP) is 13.1. The van der Waals surface area contributed by atoms with Crippen molar-refractivity contribution in [2.24, 2.45) is 0 Å². The monoisotopic (exact) mass is 600 g/mol. The van der Waals surface area contributed by atoms with Gasteiger partial charge in [0.2, 0.25) is 0 Å². The van der Waals surface area contributed by atoms with E-state index in [0.717, 1.165) is 12.8 Å². The van der Waals surface area contributed by atoms with Gasteiger partial charge >= 0.3 is 0 Å². The molecule has 1 aliphatic rings. The molecule has 0 unspecified atom stereocenters. The molecule has 0 amide bonds. The number of aryl methyl sites for hydroxylation is 2. The SMILES string of the molecule is CCc1cc2c(cc1-c1c(CC)c3ccc4ccccc4c3c3ccccc13)C(C)(C)c1cc3ccc4cccc5ccc(c1-2)c3c45. The smallest absolute Gasteiger partial charge is 0.0159 e. The molecule has 47 heavy (non-hydrogen) atoms. The molecule has 0 heterocycles. The summed E-state index contributed by atoms with van der Waals surface area (Å²) in [4.78, 5) is 0. The lowest BCUT2D eigenvalue weighted by molar-refractivity contribution is 0.661. The third-order valence-corrected chi connectivity index (χ3v) is 11.5. The van der Waals surface area contributed by atoms with Crippen molar-refractivity contribution < 1.29 is 0 Å². The van der Waals surface area contributed by atoms with Crippen molar-refractivity contribution in [1.82, 2.24) is 0 Å². The van der Waals surface area contributed by atoms with Crippen LogP contribution in [0.25, 0.3) is 86.9 Å². The molecule has 0 atom stereocenters. The molecule has 0 aliphatic heterocycles. The summed E-state index contributed by atoms with van der Waals surface area (Å²) in [5.41, 5.74) is 11.3. The first-order valence-corrected chi connectivity index (χ1v) is 17.2. The molecule has 224 valence electrons. The highest BCUT2D eigenvalue weighted by Gasteiger charge is 2.38. The van der Waals surface area contributed by atoms with E-state index in [4.69, 9.17) is 0 Å². The molecule has 0 heteroatoms. The Balaban J connectivity index is 1.32. The zero-order valence-electron chi connectivity index (χ0n) is 27.5. The van der Waals surface area contributed by atoms with Crippen LogP contribution in [0.15, 0.2) is 121 Å². The first kappa shape index (κ1) is 27.0. The van der Waals surface area contributed by atoms with Crippen LogP contribution in [0.2, 0.25) is 0 Å². The predicted molar refractivity (Wildman–Crippen MR) is 204 cm³/mol. The standard InChI is InChI=1S/C47H36/c1-5-27-24-39-40(47(3,4)41-25-31-19-18-29-13-11-14-30-21-23-37(46(39)41)43(31)42(29)30)26-38(27)44-32(6-2)36-22-20-28-12-7-8-15-33(28)45(36)35-17-10-9-16-34(35)44/h7-26H,5-6H2,1-4H3. The van der Waals surface area contributed by atoms with Gasteiger partial charge in [-0.2, -0.15) is 0 Å². The van der Waals surface area contributed by atoms with Gasteiger partial charge in [-0.1, -0.05) is 137 Å². The summed E-state index contributed by atoms with van der Waals surface area (Å²) in [5, 5.41) is 16.3. The van der Waals surface area contributed by atoms with Crippen LogP contribution in [0.4, 0.5) is 0 Å². The molecule has 9 aromatic carbocycles. The zero-order valence-corrected chi connectivity index (χ0v) is 27.5. The molecule has 9 aromatic rings. The van der Waals surface area contributed by atoms with E-state index in [1.54, 1.807) is 0 Å². The van der Waals surface area contributed by atoms with Gasteiger partial charge in [0.15, 0.2) is 0 Å². The molecule has 0 saturated carbocycles. The van der Waals surface area contributed by atoms with Crippen molar-refractivity contribution in [2.45, 2.75) is 46.0 Å². The van der Waals surface area contributed by atoms with Crippen LogP contribution in [0.3, 0.4) is 0 Å². The summed E-state index contributed by atoms with van der Waals surface area (Å²) in [5.74, 6) is 0. The molecule has 10 rings (SSSR count). The van der Waals surface area contributed by atoms with E-state index in [2.05, 4.69) is 149 Å². The maximum Gasteiger partial charge on any atom is 0.0159 e. The fourth-order valence-electron chi connectivity index (χ4n) is 9.34.